The number of carbonyl (C=O) groups is 1. The Hall–Kier alpha value is -2.25. The molecule has 3 rings (SSSR count). The predicted molar refractivity (Wildman–Crippen MR) is 87.5 cm³/mol. The molecule has 2 aromatic heterocycles. The lowest BCUT2D eigenvalue weighted by atomic mass is 10.3. The SMILES string of the molecule is O=C(O)CSc1cccc(-c2nc(=O)c3ccccc3s2)n1. The van der Waals surface area contributed by atoms with Gasteiger partial charge in [0.1, 0.15) is 10.7 Å². The number of hydrogen-bond acceptors (Lipinski definition) is 6. The summed E-state index contributed by atoms with van der Waals surface area (Å²) in [5.41, 5.74) is 0.290. The molecule has 110 valence electrons. The van der Waals surface area contributed by atoms with E-state index in [4.69, 9.17) is 5.11 Å². The van der Waals surface area contributed by atoms with E-state index in [0.717, 1.165) is 16.5 Å². The van der Waals surface area contributed by atoms with Gasteiger partial charge < -0.3 is 5.11 Å². The maximum absolute atomic E-state index is 12.1. The molecule has 0 radical (unpaired) electrons. The van der Waals surface area contributed by atoms with Crippen LogP contribution in [0.5, 0.6) is 0 Å². The lowest BCUT2D eigenvalue weighted by Gasteiger charge is -2.03. The van der Waals surface area contributed by atoms with Crippen molar-refractivity contribution in [2.45, 2.75) is 5.03 Å². The van der Waals surface area contributed by atoms with E-state index in [9.17, 15) is 9.59 Å². The Labute approximate surface area is 133 Å². The summed E-state index contributed by atoms with van der Waals surface area (Å²) >= 11 is 2.52. The molecule has 0 saturated carbocycles. The number of rotatable bonds is 4. The average molecular weight is 330 g/mol. The second kappa shape index (κ2) is 6.25. The third-order valence-electron chi connectivity index (χ3n) is 2.81. The van der Waals surface area contributed by atoms with Gasteiger partial charge in [0.05, 0.1) is 16.2 Å². The summed E-state index contributed by atoms with van der Waals surface area (Å²) in [6.45, 7) is 0. The third kappa shape index (κ3) is 3.15. The van der Waals surface area contributed by atoms with Crippen LogP contribution in [0.2, 0.25) is 0 Å². The Bertz CT molecular complexity index is 908. The Balaban J connectivity index is 2.02. The van der Waals surface area contributed by atoms with Gasteiger partial charge in [-0.3, -0.25) is 9.59 Å². The van der Waals surface area contributed by atoms with Crippen molar-refractivity contribution in [3.8, 4) is 10.7 Å². The van der Waals surface area contributed by atoms with Crippen molar-refractivity contribution in [2.24, 2.45) is 0 Å². The van der Waals surface area contributed by atoms with Crippen LogP contribution in [-0.4, -0.2) is 26.8 Å². The van der Waals surface area contributed by atoms with E-state index in [-0.39, 0.29) is 11.3 Å². The fourth-order valence-corrected chi connectivity index (χ4v) is 3.45. The normalized spacial score (nSPS) is 10.7. The molecule has 0 unspecified atom stereocenters. The molecule has 0 spiro atoms. The molecule has 0 fully saturated rings. The zero-order valence-corrected chi connectivity index (χ0v) is 12.9. The largest absolute Gasteiger partial charge is 0.481 e. The van der Waals surface area contributed by atoms with Gasteiger partial charge >= 0.3 is 5.97 Å². The Morgan fingerprint density at radius 2 is 1.95 bits per heavy atom. The molecule has 3 aromatic rings. The number of thioether (sulfide) groups is 1. The van der Waals surface area contributed by atoms with E-state index >= 15 is 0 Å². The van der Waals surface area contributed by atoms with Crippen LogP contribution in [0.25, 0.3) is 20.8 Å². The fourth-order valence-electron chi connectivity index (χ4n) is 1.87. The number of carboxylic acids is 1. The summed E-state index contributed by atoms with van der Waals surface area (Å²) in [5.74, 6) is -0.955. The minimum atomic E-state index is -0.898. The van der Waals surface area contributed by atoms with E-state index in [1.807, 2.05) is 12.1 Å². The van der Waals surface area contributed by atoms with Crippen molar-refractivity contribution < 1.29 is 9.90 Å². The maximum atomic E-state index is 12.1. The quantitative estimate of drug-likeness (QED) is 0.741. The van der Waals surface area contributed by atoms with Crippen molar-refractivity contribution in [2.75, 3.05) is 5.75 Å². The molecule has 0 bridgehead atoms. The number of aromatic nitrogens is 2. The Morgan fingerprint density at radius 3 is 2.77 bits per heavy atom. The minimum absolute atomic E-state index is 0.0577. The van der Waals surface area contributed by atoms with Gasteiger partial charge in [0.2, 0.25) is 0 Å². The fraction of sp³-hybridized carbons (Fsp3) is 0.0667. The van der Waals surface area contributed by atoms with Gasteiger partial charge in [-0.1, -0.05) is 30.0 Å². The molecule has 0 amide bonds. The van der Waals surface area contributed by atoms with Gasteiger partial charge in [0.15, 0.2) is 0 Å². The number of benzene rings is 1. The number of carboxylic acid groups (broad SMARTS) is 1. The molecule has 22 heavy (non-hydrogen) atoms. The summed E-state index contributed by atoms with van der Waals surface area (Å²) in [7, 11) is 0. The smallest absolute Gasteiger partial charge is 0.313 e. The molecule has 0 saturated heterocycles. The molecule has 2 heterocycles. The molecule has 0 atom stereocenters. The molecular weight excluding hydrogens is 320 g/mol. The summed E-state index contributed by atoms with van der Waals surface area (Å²) < 4.78 is 0.850. The van der Waals surface area contributed by atoms with Crippen LogP contribution in [0.1, 0.15) is 0 Å². The van der Waals surface area contributed by atoms with Gasteiger partial charge in [0, 0.05) is 4.70 Å². The van der Waals surface area contributed by atoms with Crippen LogP contribution >= 0.6 is 23.1 Å². The summed E-state index contributed by atoms with van der Waals surface area (Å²) in [6, 6.07) is 12.6. The van der Waals surface area contributed by atoms with Crippen molar-refractivity contribution >= 4 is 39.2 Å². The number of fused-ring (bicyclic) bond motifs is 1. The van der Waals surface area contributed by atoms with E-state index in [2.05, 4.69) is 9.97 Å². The van der Waals surface area contributed by atoms with E-state index < -0.39 is 5.97 Å². The van der Waals surface area contributed by atoms with Gasteiger partial charge in [-0.25, -0.2) is 4.98 Å². The first-order valence-corrected chi connectivity index (χ1v) is 8.15. The topological polar surface area (TPSA) is 80.1 Å². The van der Waals surface area contributed by atoms with Crippen LogP contribution in [0.15, 0.2) is 52.3 Å². The second-order valence-electron chi connectivity index (χ2n) is 4.36. The third-order valence-corrected chi connectivity index (χ3v) is 4.80. The lowest BCUT2D eigenvalue weighted by molar-refractivity contribution is -0.133. The number of pyridine rings is 1. The highest BCUT2D eigenvalue weighted by Gasteiger charge is 2.09. The van der Waals surface area contributed by atoms with E-state index in [1.54, 1.807) is 30.3 Å². The number of aliphatic carboxylic acids is 1. The molecular formula is C15H10N2O3S2. The summed E-state index contributed by atoms with van der Waals surface area (Å²) in [5, 5.41) is 10.4. The summed E-state index contributed by atoms with van der Waals surface area (Å²) in [6.07, 6.45) is 0. The molecule has 0 aliphatic rings. The van der Waals surface area contributed by atoms with Crippen molar-refractivity contribution in [1.29, 1.82) is 0 Å². The highest BCUT2D eigenvalue weighted by Crippen LogP contribution is 2.26. The first kappa shape index (κ1) is 14.7. The molecule has 0 aliphatic heterocycles. The maximum Gasteiger partial charge on any atom is 0.313 e. The van der Waals surface area contributed by atoms with Crippen LogP contribution in [0.4, 0.5) is 0 Å². The first-order chi connectivity index (χ1) is 10.6. The van der Waals surface area contributed by atoms with Crippen molar-refractivity contribution in [3.05, 3.63) is 52.8 Å². The molecule has 0 aliphatic carbocycles. The van der Waals surface area contributed by atoms with Crippen molar-refractivity contribution in [1.82, 2.24) is 9.97 Å². The zero-order valence-electron chi connectivity index (χ0n) is 11.2. The van der Waals surface area contributed by atoms with E-state index in [1.165, 1.54) is 11.3 Å². The lowest BCUT2D eigenvalue weighted by Crippen LogP contribution is -2.06. The average Bonchev–Trinajstić information content (AvgIpc) is 2.53. The molecule has 5 nitrogen and oxygen atoms in total. The molecule has 1 N–H and O–H groups in total. The van der Waals surface area contributed by atoms with Gasteiger partial charge in [0.25, 0.3) is 5.56 Å². The minimum Gasteiger partial charge on any atom is -0.481 e. The monoisotopic (exact) mass is 330 g/mol. The molecule has 1 aromatic carbocycles. The predicted octanol–water partition coefficient (Wildman–Crippen LogP) is 2.90. The highest BCUT2D eigenvalue weighted by atomic mass is 32.2. The van der Waals surface area contributed by atoms with Gasteiger partial charge in [-0.2, -0.15) is 4.98 Å². The van der Waals surface area contributed by atoms with Gasteiger partial charge in [-0.05, 0) is 24.3 Å². The van der Waals surface area contributed by atoms with Crippen LogP contribution in [-0.2, 0) is 4.79 Å². The Morgan fingerprint density at radius 1 is 1.14 bits per heavy atom. The number of nitrogens with zero attached hydrogens (tertiary/aromatic N) is 2. The second-order valence-corrected chi connectivity index (χ2v) is 6.39. The van der Waals surface area contributed by atoms with Crippen LogP contribution < -0.4 is 5.56 Å². The van der Waals surface area contributed by atoms with E-state index in [0.29, 0.717) is 21.1 Å². The summed E-state index contributed by atoms with van der Waals surface area (Å²) in [4.78, 5) is 31.1. The highest BCUT2D eigenvalue weighted by molar-refractivity contribution is 7.99. The molecule has 7 heteroatoms. The Kier molecular flexibility index (Phi) is 4.17. The van der Waals surface area contributed by atoms with Gasteiger partial charge in [-0.15, -0.1) is 11.3 Å². The standard InChI is InChI=1S/C15H10N2O3S2/c18-13(19)8-21-12-7-3-5-10(16-12)15-17-14(20)9-4-1-2-6-11(9)22-15/h1-7H,8H2,(H,18,19). The number of hydrogen-bond donors (Lipinski definition) is 1. The van der Waals surface area contributed by atoms with Crippen LogP contribution in [0, 0.1) is 0 Å². The van der Waals surface area contributed by atoms with Crippen LogP contribution in [0.3, 0.4) is 0 Å². The van der Waals surface area contributed by atoms with Crippen molar-refractivity contribution in [3.63, 3.8) is 0 Å². The first-order valence-electron chi connectivity index (χ1n) is 6.35. The zero-order chi connectivity index (χ0) is 15.5.